The fourth-order valence-corrected chi connectivity index (χ4v) is 2.19. The SMILES string of the molecule is CCNC(c1ccc(Cl)cn1)c1c(C)ccnc1N. The molecular formula is C14H17ClN4. The zero-order valence-electron chi connectivity index (χ0n) is 11.0. The Hall–Kier alpha value is -1.65. The molecule has 0 aliphatic heterocycles. The topological polar surface area (TPSA) is 63.8 Å². The number of hydrogen-bond acceptors (Lipinski definition) is 4. The van der Waals surface area contributed by atoms with Gasteiger partial charge >= 0.3 is 0 Å². The van der Waals surface area contributed by atoms with Crippen molar-refractivity contribution in [3.63, 3.8) is 0 Å². The van der Waals surface area contributed by atoms with Gasteiger partial charge in [-0.1, -0.05) is 18.5 Å². The fourth-order valence-electron chi connectivity index (χ4n) is 2.08. The number of rotatable bonds is 4. The third-order valence-corrected chi connectivity index (χ3v) is 3.21. The van der Waals surface area contributed by atoms with Gasteiger partial charge < -0.3 is 11.1 Å². The highest BCUT2D eigenvalue weighted by atomic mass is 35.5. The van der Waals surface area contributed by atoms with E-state index in [1.807, 2.05) is 32.0 Å². The Balaban J connectivity index is 2.48. The number of aromatic nitrogens is 2. The zero-order chi connectivity index (χ0) is 13.8. The summed E-state index contributed by atoms with van der Waals surface area (Å²) in [5.74, 6) is 0.530. The number of pyridine rings is 2. The van der Waals surface area contributed by atoms with E-state index >= 15 is 0 Å². The first-order chi connectivity index (χ1) is 9.13. The van der Waals surface area contributed by atoms with Crippen LogP contribution in [0.4, 0.5) is 5.82 Å². The highest BCUT2D eigenvalue weighted by Crippen LogP contribution is 2.27. The second kappa shape index (κ2) is 5.99. The zero-order valence-corrected chi connectivity index (χ0v) is 11.8. The largest absolute Gasteiger partial charge is 0.383 e. The average Bonchev–Trinajstić information content (AvgIpc) is 2.38. The molecule has 3 N–H and O–H groups in total. The van der Waals surface area contributed by atoms with Crippen LogP contribution in [0.5, 0.6) is 0 Å². The minimum absolute atomic E-state index is 0.0732. The standard InChI is InChI=1S/C14H17ClN4/c1-3-17-13(11-5-4-10(15)8-19-11)12-9(2)6-7-18-14(12)16/h4-8,13,17H,3H2,1-2H3,(H2,16,18). The van der Waals surface area contributed by atoms with Crippen molar-refractivity contribution in [1.29, 1.82) is 0 Å². The van der Waals surface area contributed by atoms with E-state index in [0.29, 0.717) is 10.8 Å². The number of halogens is 1. The lowest BCUT2D eigenvalue weighted by Gasteiger charge is -2.21. The molecule has 5 heteroatoms. The molecule has 0 saturated carbocycles. The van der Waals surface area contributed by atoms with Crippen LogP contribution < -0.4 is 11.1 Å². The summed E-state index contributed by atoms with van der Waals surface area (Å²) < 4.78 is 0. The molecule has 19 heavy (non-hydrogen) atoms. The third-order valence-electron chi connectivity index (χ3n) is 2.98. The summed E-state index contributed by atoms with van der Waals surface area (Å²) in [6.45, 7) is 4.88. The van der Waals surface area contributed by atoms with E-state index in [0.717, 1.165) is 23.4 Å². The van der Waals surface area contributed by atoms with Crippen molar-refractivity contribution in [2.24, 2.45) is 0 Å². The molecule has 100 valence electrons. The van der Waals surface area contributed by atoms with Crippen molar-refractivity contribution < 1.29 is 0 Å². The van der Waals surface area contributed by atoms with Gasteiger partial charge in [-0.05, 0) is 37.2 Å². The molecule has 0 bridgehead atoms. The lowest BCUT2D eigenvalue weighted by Crippen LogP contribution is -2.25. The number of nitrogens with zero attached hydrogens (tertiary/aromatic N) is 2. The Kier molecular flexibility index (Phi) is 4.35. The molecule has 1 atom stereocenters. The van der Waals surface area contributed by atoms with Crippen LogP contribution in [0.1, 0.15) is 29.8 Å². The predicted octanol–water partition coefficient (Wildman–Crippen LogP) is 2.72. The Morgan fingerprint density at radius 2 is 2.11 bits per heavy atom. The molecule has 0 radical (unpaired) electrons. The summed E-state index contributed by atoms with van der Waals surface area (Å²) in [7, 11) is 0. The van der Waals surface area contributed by atoms with Gasteiger partial charge in [-0.3, -0.25) is 4.98 Å². The minimum atomic E-state index is -0.0732. The van der Waals surface area contributed by atoms with E-state index in [1.54, 1.807) is 12.4 Å². The van der Waals surface area contributed by atoms with Gasteiger partial charge in [0.1, 0.15) is 5.82 Å². The van der Waals surface area contributed by atoms with Crippen molar-refractivity contribution in [1.82, 2.24) is 15.3 Å². The number of aryl methyl sites for hydroxylation is 1. The summed E-state index contributed by atoms with van der Waals surface area (Å²) in [4.78, 5) is 8.55. The van der Waals surface area contributed by atoms with Gasteiger partial charge in [-0.2, -0.15) is 0 Å². The molecule has 2 rings (SSSR count). The van der Waals surface area contributed by atoms with Crippen LogP contribution in [-0.4, -0.2) is 16.5 Å². The lowest BCUT2D eigenvalue weighted by molar-refractivity contribution is 0.612. The molecule has 0 aromatic carbocycles. The molecular weight excluding hydrogens is 260 g/mol. The third kappa shape index (κ3) is 3.03. The molecule has 2 aromatic rings. The molecule has 0 saturated heterocycles. The van der Waals surface area contributed by atoms with E-state index in [2.05, 4.69) is 15.3 Å². The smallest absolute Gasteiger partial charge is 0.128 e. The molecule has 0 amide bonds. The molecule has 1 unspecified atom stereocenters. The second-order valence-corrected chi connectivity index (χ2v) is 4.76. The van der Waals surface area contributed by atoms with Crippen LogP contribution in [0.15, 0.2) is 30.6 Å². The van der Waals surface area contributed by atoms with Gasteiger partial charge in [-0.25, -0.2) is 4.98 Å². The first-order valence-electron chi connectivity index (χ1n) is 6.19. The monoisotopic (exact) mass is 276 g/mol. The maximum absolute atomic E-state index is 6.01. The number of nitrogen functional groups attached to an aromatic ring is 1. The first-order valence-corrected chi connectivity index (χ1v) is 6.57. The molecule has 0 aliphatic rings. The van der Waals surface area contributed by atoms with Gasteiger partial charge in [0.2, 0.25) is 0 Å². The Labute approximate surface area is 118 Å². The summed E-state index contributed by atoms with van der Waals surface area (Å²) in [5, 5.41) is 4.01. The number of hydrogen-bond donors (Lipinski definition) is 2. The van der Waals surface area contributed by atoms with Crippen LogP contribution in [0.2, 0.25) is 5.02 Å². The quantitative estimate of drug-likeness (QED) is 0.901. The molecule has 2 aromatic heterocycles. The van der Waals surface area contributed by atoms with Crippen LogP contribution in [0.25, 0.3) is 0 Å². The normalized spacial score (nSPS) is 12.4. The van der Waals surface area contributed by atoms with Gasteiger partial charge in [0.15, 0.2) is 0 Å². The van der Waals surface area contributed by atoms with Crippen molar-refractivity contribution in [2.45, 2.75) is 19.9 Å². The average molecular weight is 277 g/mol. The molecule has 0 aliphatic carbocycles. The Bertz CT molecular complexity index is 534. The molecule has 0 spiro atoms. The molecule has 0 fully saturated rings. The fraction of sp³-hybridized carbons (Fsp3) is 0.286. The van der Waals surface area contributed by atoms with Crippen molar-refractivity contribution in [3.05, 3.63) is 52.4 Å². The van der Waals surface area contributed by atoms with E-state index in [9.17, 15) is 0 Å². The van der Waals surface area contributed by atoms with Gasteiger partial charge in [0.25, 0.3) is 0 Å². The van der Waals surface area contributed by atoms with E-state index in [1.165, 1.54) is 0 Å². The van der Waals surface area contributed by atoms with Crippen molar-refractivity contribution in [3.8, 4) is 0 Å². The summed E-state index contributed by atoms with van der Waals surface area (Å²) >= 11 is 5.88. The van der Waals surface area contributed by atoms with E-state index < -0.39 is 0 Å². The Morgan fingerprint density at radius 1 is 1.32 bits per heavy atom. The number of nitrogens with two attached hydrogens (primary N) is 1. The lowest BCUT2D eigenvalue weighted by atomic mass is 9.99. The van der Waals surface area contributed by atoms with Crippen LogP contribution in [0.3, 0.4) is 0 Å². The summed E-state index contributed by atoms with van der Waals surface area (Å²) in [5.41, 5.74) is 8.96. The number of nitrogens with one attached hydrogen (secondary N) is 1. The van der Waals surface area contributed by atoms with Gasteiger partial charge in [-0.15, -0.1) is 0 Å². The summed E-state index contributed by atoms with van der Waals surface area (Å²) in [6, 6.07) is 5.61. The number of anilines is 1. The Morgan fingerprint density at radius 3 is 2.68 bits per heavy atom. The van der Waals surface area contributed by atoms with Crippen LogP contribution >= 0.6 is 11.6 Å². The van der Waals surface area contributed by atoms with Crippen LogP contribution in [0, 0.1) is 6.92 Å². The molecule has 4 nitrogen and oxygen atoms in total. The highest BCUT2D eigenvalue weighted by molar-refractivity contribution is 6.30. The predicted molar refractivity (Wildman–Crippen MR) is 78.2 cm³/mol. The van der Waals surface area contributed by atoms with Gasteiger partial charge in [0, 0.05) is 18.0 Å². The maximum atomic E-state index is 6.01. The molecule has 2 heterocycles. The minimum Gasteiger partial charge on any atom is -0.383 e. The second-order valence-electron chi connectivity index (χ2n) is 4.32. The summed E-state index contributed by atoms with van der Waals surface area (Å²) in [6.07, 6.45) is 3.36. The van der Waals surface area contributed by atoms with Crippen molar-refractivity contribution in [2.75, 3.05) is 12.3 Å². The first kappa shape index (κ1) is 13.8. The van der Waals surface area contributed by atoms with Crippen molar-refractivity contribution >= 4 is 17.4 Å². The maximum Gasteiger partial charge on any atom is 0.128 e. The van der Waals surface area contributed by atoms with Crippen LogP contribution in [-0.2, 0) is 0 Å². The van der Waals surface area contributed by atoms with Gasteiger partial charge in [0.05, 0.1) is 16.8 Å². The van der Waals surface area contributed by atoms with E-state index in [-0.39, 0.29) is 6.04 Å². The van der Waals surface area contributed by atoms with E-state index in [4.69, 9.17) is 17.3 Å². The highest BCUT2D eigenvalue weighted by Gasteiger charge is 2.19.